The maximum Gasteiger partial charge on any atom is 0.412 e. The van der Waals surface area contributed by atoms with Crippen molar-refractivity contribution in [2.45, 2.75) is 20.0 Å². The Bertz CT molecular complexity index is 871. The number of carbonyl (C=O) groups is 3. The molecular formula is C21H21NO6. The van der Waals surface area contributed by atoms with Gasteiger partial charge in [0, 0.05) is 23.2 Å². The molecule has 1 amide bonds. The van der Waals surface area contributed by atoms with Crippen molar-refractivity contribution < 1.29 is 29.3 Å². The normalized spacial score (nSPS) is 12.9. The average Bonchev–Trinajstić information content (AvgIpc) is 2.65. The molecule has 0 aliphatic rings. The molecular weight excluding hydrogens is 362 g/mol. The van der Waals surface area contributed by atoms with Gasteiger partial charge in [-0.1, -0.05) is 25.1 Å². The Hall–Kier alpha value is -3.61. The Morgan fingerprint density at radius 1 is 1.04 bits per heavy atom. The van der Waals surface area contributed by atoms with Crippen molar-refractivity contribution in [3.63, 3.8) is 0 Å². The molecule has 0 saturated carbocycles. The van der Waals surface area contributed by atoms with Crippen LogP contribution in [0, 0.1) is 5.92 Å². The molecule has 0 bridgehead atoms. The maximum atomic E-state index is 12.3. The van der Waals surface area contributed by atoms with E-state index in [0.717, 1.165) is 6.08 Å². The average molecular weight is 383 g/mol. The second-order valence-electron chi connectivity index (χ2n) is 6.23. The molecule has 0 saturated heterocycles. The highest BCUT2D eigenvalue weighted by atomic mass is 16.6. The van der Waals surface area contributed by atoms with E-state index in [0.29, 0.717) is 16.8 Å². The fourth-order valence-electron chi connectivity index (χ4n) is 2.53. The van der Waals surface area contributed by atoms with Crippen LogP contribution in [0.1, 0.15) is 35.9 Å². The van der Waals surface area contributed by atoms with Crippen molar-refractivity contribution >= 4 is 23.5 Å². The van der Waals surface area contributed by atoms with E-state index in [2.05, 4.69) is 5.32 Å². The summed E-state index contributed by atoms with van der Waals surface area (Å²) in [6.07, 6.45) is 0.908. The van der Waals surface area contributed by atoms with E-state index in [1.165, 1.54) is 25.1 Å². The van der Waals surface area contributed by atoms with Gasteiger partial charge in [0.1, 0.15) is 11.9 Å². The summed E-state index contributed by atoms with van der Waals surface area (Å²) in [4.78, 5) is 34.4. The quantitative estimate of drug-likeness (QED) is 0.489. The van der Waals surface area contributed by atoms with E-state index in [9.17, 15) is 19.5 Å². The number of phenols is 1. The zero-order valence-electron chi connectivity index (χ0n) is 15.5. The summed E-state index contributed by atoms with van der Waals surface area (Å²) in [5, 5.41) is 20.9. The zero-order chi connectivity index (χ0) is 20.7. The third kappa shape index (κ3) is 5.98. The molecule has 146 valence electrons. The fraction of sp³-hybridized carbons (Fsp3) is 0.190. The minimum Gasteiger partial charge on any atom is -0.508 e. The summed E-state index contributed by atoms with van der Waals surface area (Å²) in [5.74, 6) is -1.57. The molecule has 0 spiro atoms. The first-order valence-electron chi connectivity index (χ1n) is 8.55. The van der Waals surface area contributed by atoms with E-state index in [1.807, 2.05) is 0 Å². The first kappa shape index (κ1) is 20.7. The minimum absolute atomic E-state index is 0.0613. The zero-order valence-corrected chi connectivity index (χ0v) is 15.5. The number of phenolic OH excluding ortho intramolecular Hbond substituents is 1. The predicted octanol–water partition coefficient (Wildman–Crippen LogP) is 4.16. The first-order valence-corrected chi connectivity index (χ1v) is 8.55. The topological polar surface area (TPSA) is 113 Å². The van der Waals surface area contributed by atoms with Gasteiger partial charge in [0.05, 0.1) is 0 Å². The monoisotopic (exact) mass is 383 g/mol. The number of hydrogen-bond acceptors (Lipinski definition) is 5. The smallest absolute Gasteiger partial charge is 0.412 e. The number of nitrogens with one attached hydrogen (secondary N) is 1. The van der Waals surface area contributed by atoms with Gasteiger partial charge in [0.25, 0.3) is 0 Å². The van der Waals surface area contributed by atoms with Gasteiger partial charge in [0.2, 0.25) is 0 Å². The van der Waals surface area contributed by atoms with Crippen LogP contribution in [0.15, 0.2) is 60.7 Å². The summed E-state index contributed by atoms with van der Waals surface area (Å²) in [7, 11) is 0. The molecule has 3 N–H and O–H groups in total. The van der Waals surface area contributed by atoms with Crippen molar-refractivity contribution in [1.82, 2.24) is 0 Å². The molecule has 28 heavy (non-hydrogen) atoms. The molecule has 2 atom stereocenters. The lowest BCUT2D eigenvalue weighted by molar-refractivity contribution is -0.131. The Morgan fingerprint density at radius 2 is 1.64 bits per heavy atom. The summed E-state index contributed by atoms with van der Waals surface area (Å²) >= 11 is 0. The first-order chi connectivity index (χ1) is 13.3. The third-order valence-corrected chi connectivity index (χ3v) is 4.01. The van der Waals surface area contributed by atoms with Crippen LogP contribution in [0.25, 0.3) is 0 Å². The predicted molar refractivity (Wildman–Crippen MR) is 103 cm³/mol. The number of aromatic hydroxyl groups is 1. The highest BCUT2D eigenvalue weighted by Crippen LogP contribution is 2.29. The Labute approximate surface area is 162 Å². The second kappa shape index (κ2) is 9.36. The number of ketones is 1. The van der Waals surface area contributed by atoms with E-state index in [-0.39, 0.29) is 11.5 Å². The minimum atomic E-state index is -1.11. The lowest BCUT2D eigenvalue weighted by atomic mass is 9.96. The number of benzene rings is 2. The molecule has 0 unspecified atom stereocenters. The van der Waals surface area contributed by atoms with Gasteiger partial charge in [-0.05, 0) is 48.9 Å². The van der Waals surface area contributed by atoms with E-state index < -0.39 is 24.1 Å². The number of aliphatic carboxylic acids is 1. The number of rotatable bonds is 7. The van der Waals surface area contributed by atoms with Crippen LogP contribution in [0.2, 0.25) is 0 Å². The number of ether oxygens (including phenoxy) is 1. The van der Waals surface area contributed by atoms with Crippen LogP contribution in [-0.2, 0) is 9.53 Å². The Morgan fingerprint density at radius 3 is 2.18 bits per heavy atom. The molecule has 0 radical (unpaired) electrons. The lowest BCUT2D eigenvalue weighted by Gasteiger charge is -2.22. The molecule has 0 fully saturated rings. The molecule has 2 aromatic rings. The van der Waals surface area contributed by atoms with Crippen molar-refractivity contribution in [3.05, 3.63) is 71.8 Å². The van der Waals surface area contributed by atoms with Gasteiger partial charge in [-0.2, -0.15) is 0 Å². The molecule has 0 aliphatic carbocycles. The van der Waals surface area contributed by atoms with Crippen LogP contribution < -0.4 is 5.32 Å². The number of hydrogen-bond donors (Lipinski definition) is 3. The molecule has 2 aromatic carbocycles. The second-order valence-corrected chi connectivity index (χ2v) is 6.23. The summed E-state index contributed by atoms with van der Waals surface area (Å²) in [6, 6.07) is 12.5. The van der Waals surface area contributed by atoms with Crippen LogP contribution in [0.3, 0.4) is 0 Å². The largest absolute Gasteiger partial charge is 0.508 e. The van der Waals surface area contributed by atoms with Crippen LogP contribution in [-0.4, -0.2) is 28.1 Å². The molecule has 7 heteroatoms. The summed E-state index contributed by atoms with van der Waals surface area (Å²) < 4.78 is 5.51. The van der Waals surface area contributed by atoms with Gasteiger partial charge < -0.3 is 14.9 Å². The van der Waals surface area contributed by atoms with Crippen molar-refractivity contribution in [1.29, 1.82) is 0 Å². The van der Waals surface area contributed by atoms with E-state index in [1.54, 1.807) is 43.3 Å². The third-order valence-electron chi connectivity index (χ3n) is 4.01. The number of anilines is 1. The van der Waals surface area contributed by atoms with Crippen molar-refractivity contribution in [3.8, 4) is 5.75 Å². The van der Waals surface area contributed by atoms with Gasteiger partial charge in [-0.25, -0.2) is 9.59 Å². The van der Waals surface area contributed by atoms with E-state index >= 15 is 0 Å². The highest BCUT2D eigenvalue weighted by molar-refractivity contribution is 5.95. The number of carboxylic acids is 1. The fourth-order valence-corrected chi connectivity index (χ4v) is 2.53. The molecule has 0 heterocycles. The lowest BCUT2D eigenvalue weighted by Crippen LogP contribution is -2.21. The standard InChI is InChI=1S/C21H21NO6/c1-13(3-12-19(25)26)20(16-6-10-18(24)11-7-16)28-21(27)22-17-8-4-15(5-9-17)14(2)23/h3-13,20,24H,1-2H3,(H,22,27)(H,25,26)/b12-3+/t13-,20+/m1/s1. The molecule has 0 aliphatic heterocycles. The van der Waals surface area contributed by atoms with Crippen LogP contribution in [0.4, 0.5) is 10.5 Å². The Kier molecular flexibility index (Phi) is 6.92. The molecule has 0 aromatic heterocycles. The van der Waals surface area contributed by atoms with Crippen molar-refractivity contribution in [2.75, 3.05) is 5.32 Å². The van der Waals surface area contributed by atoms with Gasteiger partial charge in [0.15, 0.2) is 5.78 Å². The Balaban J connectivity index is 2.16. The number of amides is 1. The molecule has 7 nitrogen and oxygen atoms in total. The van der Waals surface area contributed by atoms with Gasteiger partial charge in [-0.3, -0.25) is 10.1 Å². The number of Topliss-reactive ketones (excluding diaryl/α,β-unsaturated/α-hetero) is 1. The number of carboxylic acid groups (broad SMARTS) is 1. The van der Waals surface area contributed by atoms with Gasteiger partial charge >= 0.3 is 12.1 Å². The van der Waals surface area contributed by atoms with Crippen molar-refractivity contribution in [2.24, 2.45) is 5.92 Å². The van der Waals surface area contributed by atoms with Crippen LogP contribution >= 0.6 is 0 Å². The van der Waals surface area contributed by atoms with Gasteiger partial charge in [-0.15, -0.1) is 0 Å². The highest BCUT2D eigenvalue weighted by Gasteiger charge is 2.22. The summed E-state index contributed by atoms with van der Waals surface area (Å²) in [6.45, 7) is 3.16. The molecule has 2 rings (SSSR count). The van der Waals surface area contributed by atoms with E-state index in [4.69, 9.17) is 9.84 Å². The maximum absolute atomic E-state index is 12.3. The summed E-state index contributed by atoms with van der Waals surface area (Å²) in [5.41, 5.74) is 1.57. The SMILES string of the molecule is CC(=O)c1ccc(NC(=O)O[C@H](c2ccc(O)cc2)[C@H](C)/C=C/C(=O)O)cc1. The number of carbonyl (C=O) groups excluding carboxylic acids is 2. The van der Waals surface area contributed by atoms with Crippen LogP contribution in [0.5, 0.6) is 5.75 Å².